The van der Waals surface area contributed by atoms with Gasteiger partial charge in [0.15, 0.2) is 5.54 Å². The van der Waals surface area contributed by atoms with Crippen molar-refractivity contribution in [3.05, 3.63) is 70.8 Å². The highest BCUT2D eigenvalue weighted by molar-refractivity contribution is 6.25. The van der Waals surface area contributed by atoms with E-state index in [0.717, 1.165) is 18.4 Å². The average molecular weight is 569 g/mol. The van der Waals surface area contributed by atoms with Gasteiger partial charge in [-0.2, -0.15) is 26.3 Å². The summed E-state index contributed by atoms with van der Waals surface area (Å²) in [6.07, 6.45) is -8.59. The third kappa shape index (κ3) is 6.98. The number of rotatable bonds is 10. The summed E-state index contributed by atoms with van der Waals surface area (Å²) >= 11 is 0. The fourth-order valence-corrected chi connectivity index (χ4v) is 4.66. The SMILES string of the molecule is Cc1ccc(C2=C(C(=O)NC3CC3)C(=O)N[C@@](c3ccc(OCCCCCC(F)(F)F)cc3)(C(F)(F)F)C2)cc1. The molecule has 216 valence electrons. The van der Waals surface area contributed by atoms with Crippen LogP contribution >= 0.6 is 0 Å². The van der Waals surface area contributed by atoms with Crippen molar-refractivity contribution >= 4 is 17.4 Å². The molecule has 2 aromatic carbocycles. The van der Waals surface area contributed by atoms with Gasteiger partial charge in [-0.25, -0.2) is 0 Å². The van der Waals surface area contributed by atoms with Gasteiger partial charge >= 0.3 is 12.4 Å². The largest absolute Gasteiger partial charge is 0.494 e. The number of carbonyl (C=O) groups is 2. The molecule has 0 unspecified atom stereocenters. The molecule has 1 aliphatic heterocycles. The first-order valence-electron chi connectivity index (χ1n) is 13.1. The van der Waals surface area contributed by atoms with Gasteiger partial charge in [0.25, 0.3) is 11.8 Å². The van der Waals surface area contributed by atoms with Crippen LogP contribution in [0.3, 0.4) is 0 Å². The lowest BCUT2D eigenvalue weighted by Crippen LogP contribution is -2.59. The first kappa shape index (κ1) is 29.5. The first-order chi connectivity index (χ1) is 18.8. The zero-order valence-electron chi connectivity index (χ0n) is 21.8. The van der Waals surface area contributed by atoms with Crippen molar-refractivity contribution in [3.63, 3.8) is 0 Å². The highest BCUT2D eigenvalue weighted by Crippen LogP contribution is 2.48. The third-order valence-electron chi connectivity index (χ3n) is 7.04. The van der Waals surface area contributed by atoms with E-state index in [1.54, 1.807) is 24.3 Å². The molecule has 2 aliphatic rings. The molecule has 4 rings (SSSR count). The number of benzene rings is 2. The van der Waals surface area contributed by atoms with Gasteiger partial charge < -0.3 is 15.4 Å². The molecule has 0 radical (unpaired) electrons. The number of alkyl halides is 6. The van der Waals surface area contributed by atoms with E-state index in [2.05, 4.69) is 10.6 Å². The van der Waals surface area contributed by atoms with Crippen molar-refractivity contribution in [2.45, 2.75) is 75.8 Å². The molecule has 0 saturated heterocycles. The lowest BCUT2D eigenvalue weighted by molar-refractivity contribution is -0.202. The van der Waals surface area contributed by atoms with Crippen molar-refractivity contribution in [3.8, 4) is 5.75 Å². The topological polar surface area (TPSA) is 67.4 Å². The van der Waals surface area contributed by atoms with Crippen LogP contribution < -0.4 is 15.4 Å². The van der Waals surface area contributed by atoms with E-state index in [0.29, 0.717) is 18.4 Å². The maximum Gasteiger partial charge on any atom is 0.416 e. The molecule has 1 atom stereocenters. The summed E-state index contributed by atoms with van der Waals surface area (Å²) in [6, 6.07) is 11.6. The fourth-order valence-electron chi connectivity index (χ4n) is 4.66. The van der Waals surface area contributed by atoms with Crippen molar-refractivity contribution in [1.82, 2.24) is 10.6 Å². The van der Waals surface area contributed by atoms with Crippen molar-refractivity contribution in [2.24, 2.45) is 0 Å². The zero-order chi connectivity index (χ0) is 29.1. The number of carbonyl (C=O) groups excluding carboxylic acids is 2. The Balaban J connectivity index is 1.59. The van der Waals surface area contributed by atoms with E-state index in [9.17, 15) is 35.9 Å². The molecule has 2 aromatic rings. The van der Waals surface area contributed by atoms with Crippen LogP contribution in [0.15, 0.2) is 54.1 Å². The molecule has 1 fully saturated rings. The van der Waals surface area contributed by atoms with E-state index in [1.807, 2.05) is 6.92 Å². The van der Waals surface area contributed by atoms with Crippen LogP contribution in [-0.4, -0.2) is 36.8 Å². The van der Waals surface area contributed by atoms with Crippen LogP contribution in [0.25, 0.3) is 5.57 Å². The smallest absolute Gasteiger partial charge is 0.416 e. The summed E-state index contributed by atoms with van der Waals surface area (Å²) < 4.78 is 86.7. The Morgan fingerprint density at radius 1 is 0.975 bits per heavy atom. The molecule has 0 spiro atoms. The van der Waals surface area contributed by atoms with Crippen LogP contribution in [0, 0.1) is 6.92 Å². The highest BCUT2D eigenvalue weighted by atomic mass is 19.4. The lowest BCUT2D eigenvalue weighted by atomic mass is 9.76. The molecule has 1 aliphatic carbocycles. The Hall–Kier alpha value is -3.50. The summed E-state index contributed by atoms with van der Waals surface area (Å²) in [5, 5.41) is 4.81. The second-order valence-corrected chi connectivity index (χ2v) is 10.3. The summed E-state index contributed by atoms with van der Waals surface area (Å²) in [5.74, 6) is -1.57. The Morgan fingerprint density at radius 2 is 1.62 bits per heavy atom. The summed E-state index contributed by atoms with van der Waals surface area (Å²) in [5.41, 5.74) is -2.16. The van der Waals surface area contributed by atoms with Crippen molar-refractivity contribution in [2.75, 3.05) is 6.61 Å². The van der Waals surface area contributed by atoms with Crippen LogP contribution in [0.2, 0.25) is 0 Å². The minimum absolute atomic E-state index is 0.00147. The molecule has 40 heavy (non-hydrogen) atoms. The maximum atomic E-state index is 14.8. The summed E-state index contributed by atoms with van der Waals surface area (Å²) in [4.78, 5) is 26.2. The minimum Gasteiger partial charge on any atom is -0.494 e. The molecule has 0 bridgehead atoms. The second kappa shape index (κ2) is 11.5. The number of aryl methyl sites for hydroxylation is 1. The lowest BCUT2D eigenvalue weighted by Gasteiger charge is -2.41. The number of hydrogen-bond donors (Lipinski definition) is 2. The predicted octanol–water partition coefficient (Wildman–Crippen LogP) is 6.51. The van der Waals surface area contributed by atoms with E-state index in [4.69, 9.17) is 4.74 Å². The average Bonchev–Trinajstić information content (AvgIpc) is 3.69. The second-order valence-electron chi connectivity index (χ2n) is 10.3. The van der Waals surface area contributed by atoms with E-state index in [1.165, 1.54) is 24.3 Å². The molecule has 1 saturated carbocycles. The first-order valence-corrected chi connectivity index (χ1v) is 13.1. The molecular formula is C29H30F6N2O3. The zero-order valence-corrected chi connectivity index (χ0v) is 21.8. The predicted molar refractivity (Wildman–Crippen MR) is 136 cm³/mol. The number of unbranched alkanes of at least 4 members (excludes halogenated alkanes) is 2. The summed E-state index contributed by atoms with van der Waals surface area (Å²) in [7, 11) is 0. The van der Waals surface area contributed by atoms with Gasteiger partial charge in [-0.1, -0.05) is 42.0 Å². The number of amides is 2. The highest BCUT2D eigenvalue weighted by Gasteiger charge is 2.60. The fraction of sp³-hybridized carbons (Fsp3) is 0.448. The van der Waals surface area contributed by atoms with Crippen LogP contribution in [0.5, 0.6) is 5.75 Å². The van der Waals surface area contributed by atoms with Gasteiger partial charge in [0.2, 0.25) is 0 Å². The Bertz CT molecular complexity index is 1250. The normalized spacial score (nSPS) is 19.8. The molecule has 1 heterocycles. The third-order valence-corrected chi connectivity index (χ3v) is 7.04. The van der Waals surface area contributed by atoms with Crippen LogP contribution in [0.4, 0.5) is 26.3 Å². The van der Waals surface area contributed by atoms with Crippen LogP contribution in [-0.2, 0) is 15.1 Å². The Kier molecular flexibility index (Phi) is 8.51. The summed E-state index contributed by atoms with van der Waals surface area (Å²) in [6.45, 7) is 1.93. The van der Waals surface area contributed by atoms with Gasteiger partial charge in [0.05, 0.1) is 6.61 Å². The molecule has 2 N–H and O–H groups in total. The number of ether oxygens (including phenoxy) is 1. The van der Waals surface area contributed by atoms with E-state index < -0.39 is 42.5 Å². The number of halogens is 6. The van der Waals surface area contributed by atoms with E-state index in [-0.39, 0.29) is 41.5 Å². The van der Waals surface area contributed by atoms with Gasteiger partial charge in [0.1, 0.15) is 11.3 Å². The van der Waals surface area contributed by atoms with E-state index >= 15 is 0 Å². The quantitative estimate of drug-likeness (QED) is 0.195. The number of nitrogens with one attached hydrogen (secondary N) is 2. The van der Waals surface area contributed by atoms with Crippen LogP contribution in [0.1, 0.15) is 61.6 Å². The van der Waals surface area contributed by atoms with Crippen molar-refractivity contribution < 1.29 is 40.7 Å². The Labute approximate surface area is 228 Å². The van der Waals surface area contributed by atoms with Gasteiger partial charge in [-0.15, -0.1) is 0 Å². The molecule has 0 aromatic heterocycles. The minimum atomic E-state index is -4.92. The standard InChI is InChI=1S/C29H30F6N2O3/c1-18-5-7-19(8-6-18)23-17-27(29(33,34)35,37-26(39)24(23)25(38)36-21-11-12-21)20-9-13-22(14-10-20)40-16-4-2-3-15-28(30,31)32/h5-10,13-14,21H,2-4,11-12,15-17H2,1H3,(H,36,38)(H,37,39)/t27-/m0/s1. The molecule has 11 heteroatoms. The van der Waals surface area contributed by atoms with Crippen molar-refractivity contribution in [1.29, 1.82) is 0 Å². The molecule has 5 nitrogen and oxygen atoms in total. The molecular weight excluding hydrogens is 538 g/mol. The molecule has 2 amide bonds. The monoisotopic (exact) mass is 568 g/mol. The maximum absolute atomic E-state index is 14.8. The Morgan fingerprint density at radius 3 is 2.20 bits per heavy atom. The van der Waals surface area contributed by atoms with Gasteiger partial charge in [0, 0.05) is 18.9 Å². The number of hydrogen-bond acceptors (Lipinski definition) is 3. The van der Waals surface area contributed by atoms with Gasteiger partial charge in [-0.3, -0.25) is 9.59 Å². The van der Waals surface area contributed by atoms with Gasteiger partial charge in [-0.05, 0) is 67.9 Å².